The van der Waals surface area contributed by atoms with Gasteiger partial charge in [-0.2, -0.15) is 0 Å². The first-order valence-corrected chi connectivity index (χ1v) is 6.83. The minimum atomic E-state index is -0.782. The number of amidine groups is 1. The Bertz CT molecular complexity index is 336. The number of oxime groups is 1. The molecule has 4 N–H and O–H groups in total. The fourth-order valence-electron chi connectivity index (χ4n) is 2.66. The van der Waals surface area contributed by atoms with Gasteiger partial charge in [0.25, 0.3) is 0 Å². The molecule has 0 aromatic carbocycles. The second-order valence-corrected chi connectivity index (χ2v) is 5.85. The van der Waals surface area contributed by atoms with E-state index in [1.165, 1.54) is 0 Å². The Kier molecular flexibility index (Phi) is 5.60. The fourth-order valence-corrected chi connectivity index (χ4v) is 2.66. The Labute approximate surface area is 115 Å². The maximum Gasteiger partial charge on any atom is 0.233 e. The Hall–Kier alpha value is -1.30. The lowest BCUT2D eigenvalue weighted by Gasteiger charge is -2.43. The van der Waals surface area contributed by atoms with Crippen molar-refractivity contribution < 1.29 is 10.0 Å². The first-order valence-electron chi connectivity index (χ1n) is 6.83. The summed E-state index contributed by atoms with van der Waals surface area (Å²) in [6, 6.07) is 0. The molecule has 1 rings (SSSR count). The van der Waals surface area contributed by atoms with Gasteiger partial charge < -0.3 is 21.2 Å². The Balaban J connectivity index is 2.38. The number of hydrogen-bond donors (Lipinski definition) is 3. The molecule has 0 bridgehead atoms. The van der Waals surface area contributed by atoms with Crippen LogP contribution in [0.2, 0.25) is 0 Å². The van der Waals surface area contributed by atoms with E-state index in [2.05, 4.69) is 22.3 Å². The summed E-state index contributed by atoms with van der Waals surface area (Å²) in [4.78, 5) is 14.3. The quantitative estimate of drug-likeness (QED) is 0.208. The molecule has 0 heterocycles. The minimum Gasteiger partial charge on any atom is -0.409 e. The topological polar surface area (TPSA) is 91.0 Å². The summed E-state index contributed by atoms with van der Waals surface area (Å²) in [7, 11) is 4.06. The Morgan fingerprint density at radius 1 is 1.47 bits per heavy atom. The summed E-state index contributed by atoms with van der Waals surface area (Å²) in [6.07, 6.45) is 3.30. The first-order chi connectivity index (χ1) is 8.92. The molecular weight excluding hydrogens is 244 g/mol. The van der Waals surface area contributed by atoms with E-state index in [4.69, 9.17) is 10.9 Å². The van der Waals surface area contributed by atoms with E-state index in [-0.39, 0.29) is 11.7 Å². The standard InChI is InChI=1S/C13H26N4O2/c1-10-8-13(9-10,11(14)16-19)12(18)15-6-4-5-7-17(2)3/h10,19H,4-9H2,1-3H3,(H2,14,16)(H,15,18). The van der Waals surface area contributed by atoms with Gasteiger partial charge in [0.15, 0.2) is 5.84 Å². The highest BCUT2D eigenvalue weighted by Gasteiger charge is 2.51. The van der Waals surface area contributed by atoms with E-state index in [0.717, 1.165) is 19.4 Å². The van der Waals surface area contributed by atoms with Crippen molar-refractivity contribution in [2.24, 2.45) is 22.2 Å². The molecule has 1 aliphatic rings. The molecule has 0 radical (unpaired) electrons. The molecule has 0 aliphatic heterocycles. The number of rotatable bonds is 7. The van der Waals surface area contributed by atoms with Gasteiger partial charge in [-0.1, -0.05) is 12.1 Å². The third kappa shape index (κ3) is 3.83. The number of unbranched alkanes of at least 4 members (excludes halogenated alkanes) is 1. The lowest BCUT2D eigenvalue weighted by molar-refractivity contribution is -0.133. The second-order valence-electron chi connectivity index (χ2n) is 5.85. The Morgan fingerprint density at radius 3 is 2.58 bits per heavy atom. The van der Waals surface area contributed by atoms with Crippen LogP contribution in [0.1, 0.15) is 32.6 Å². The van der Waals surface area contributed by atoms with Crippen LogP contribution in [-0.2, 0) is 4.79 Å². The number of hydrogen-bond acceptors (Lipinski definition) is 4. The number of carbonyl (C=O) groups excluding carboxylic acids is 1. The molecular formula is C13H26N4O2. The molecule has 0 unspecified atom stereocenters. The monoisotopic (exact) mass is 270 g/mol. The van der Waals surface area contributed by atoms with Crippen molar-refractivity contribution in [1.29, 1.82) is 0 Å². The van der Waals surface area contributed by atoms with Crippen molar-refractivity contribution in [3.8, 4) is 0 Å². The van der Waals surface area contributed by atoms with Gasteiger partial charge in [0.05, 0.1) is 0 Å². The van der Waals surface area contributed by atoms with Crippen LogP contribution in [0.15, 0.2) is 5.16 Å². The predicted molar refractivity (Wildman–Crippen MR) is 75.0 cm³/mol. The van der Waals surface area contributed by atoms with Crippen molar-refractivity contribution in [1.82, 2.24) is 10.2 Å². The van der Waals surface area contributed by atoms with Crippen LogP contribution < -0.4 is 11.1 Å². The molecule has 0 saturated heterocycles. The third-order valence-corrected chi connectivity index (χ3v) is 3.74. The van der Waals surface area contributed by atoms with Gasteiger partial charge in [0.1, 0.15) is 5.41 Å². The van der Waals surface area contributed by atoms with Crippen molar-refractivity contribution in [2.45, 2.75) is 32.6 Å². The average Bonchev–Trinajstić information content (AvgIpc) is 2.32. The number of nitrogens with one attached hydrogen (secondary N) is 1. The molecule has 0 atom stereocenters. The zero-order valence-electron chi connectivity index (χ0n) is 12.1. The summed E-state index contributed by atoms with van der Waals surface area (Å²) in [6.45, 7) is 3.72. The summed E-state index contributed by atoms with van der Waals surface area (Å²) in [5, 5.41) is 14.8. The van der Waals surface area contributed by atoms with Crippen LogP contribution in [0.5, 0.6) is 0 Å². The van der Waals surface area contributed by atoms with Crippen molar-refractivity contribution >= 4 is 11.7 Å². The van der Waals surface area contributed by atoms with Gasteiger partial charge in [-0.3, -0.25) is 4.79 Å². The van der Waals surface area contributed by atoms with E-state index in [1.54, 1.807) is 0 Å². The van der Waals surface area contributed by atoms with Gasteiger partial charge in [0.2, 0.25) is 5.91 Å². The smallest absolute Gasteiger partial charge is 0.233 e. The molecule has 1 amide bonds. The second kappa shape index (κ2) is 6.75. The van der Waals surface area contributed by atoms with Gasteiger partial charge in [0, 0.05) is 6.54 Å². The zero-order chi connectivity index (χ0) is 14.5. The molecule has 1 saturated carbocycles. The summed E-state index contributed by atoms with van der Waals surface area (Å²) in [5.74, 6) is 0.377. The largest absolute Gasteiger partial charge is 0.409 e. The fraction of sp³-hybridized carbons (Fsp3) is 0.846. The van der Waals surface area contributed by atoms with Gasteiger partial charge in [-0.25, -0.2) is 0 Å². The van der Waals surface area contributed by atoms with Crippen LogP contribution in [0.25, 0.3) is 0 Å². The van der Waals surface area contributed by atoms with E-state index in [1.807, 2.05) is 14.1 Å². The van der Waals surface area contributed by atoms with Gasteiger partial charge in [-0.15, -0.1) is 0 Å². The van der Waals surface area contributed by atoms with Crippen LogP contribution in [-0.4, -0.2) is 49.0 Å². The maximum absolute atomic E-state index is 12.2. The van der Waals surface area contributed by atoms with Gasteiger partial charge >= 0.3 is 0 Å². The molecule has 0 aromatic rings. The Morgan fingerprint density at radius 2 is 2.11 bits per heavy atom. The van der Waals surface area contributed by atoms with Crippen molar-refractivity contribution in [2.75, 3.05) is 27.2 Å². The predicted octanol–water partition coefficient (Wildman–Crippen LogP) is 0.607. The molecule has 6 heteroatoms. The van der Waals surface area contributed by atoms with E-state index in [9.17, 15) is 4.79 Å². The average molecular weight is 270 g/mol. The molecule has 19 heavy (non-hydrogen) atoms. The van der Waals surface area contributed by atoms with E-state index in [0.29, 0.717) is 25.3 Å². The number of amides is 1. The SMILES string of the molecule is CC1CC(C(=O)NCCCCN(C)C)(C(N)=NO)C1. The summed E-state index contributed by atoms with van der Waals surface area (Å²) < 4.78 is 0. The highest BCUT2D eigenvalue weighted by atomic mass is 16.4. The van der Waals surface area contributed by atoms with Gasteiger partial charge in [-0.05, 0) is 52.2 Å². The lowest BCUT2D eigenvalue weighted by atomic mass is 9.61. The molecule has 1 fully saturated rings. The number of nitrogens with zero attached hydrogens (tertiary/aromatic N) is 2. The third-order valence-electron chi connectivity index (χ3n) is 3.74. The van der Waals surface area contributed by atoms with Crippen LogP contribution in [0.4, 0.5) is 0 Å². The highest BCUT2D eigenvalue weighted by Crippen LogP contribution is 2.45. The molecule has 1 aliphatic carbocycles. The van der Waals surface area contributed by atoms with E-state index < -0.39 is 5.41 Å². The van der Waals surface area contributed by atoms with Crippen molar-refractivity contribution in [3.63, 3.8) is 0 Å². The maximum atomic E-state index is 12.2. The van der Waals surface area contributed by atoms with Crippen LogP contribution in [0, 0.1) is 11.3 Å². The van der Waals surface area contributed by atoms with Crippen molar-refractivity contribution in [3.05, 3.63) is 0 Å². The summed E-state index contributed by atoms with van der Waals surface area (Å²) in [5.41, 5.74) is 4.90. The minimum absolute atomic E-state index is 0.0383. The zero-order valence-corrected chi connectivity index (χ0v) is 12.1. The number of carbonyl (C=O) groups is 1. The highest BCUT2D eigenvalue weighted by molar-refractivity contribution is 6.07. The van der Waals surface area contributed by atoms with Crippen LogP contribution in [0.3, 0.4) is 0 Å². The molecule has 0 spiro atoms. The molecule has 6 nitrogen and oxygen atoms in total. The lowest BCUT2D eigenvalue weighted by Crippen LogP contribution is -2.56. The number of nitrogens with two attached hydrogens (primary N) is 1. The van der Waals surface area contributed by atoms with E-state index >= 15 is 0 Å². The first kappa shape index (κ1) is 15.8. The molecule has 110 valence electrons. The summed E-state index contributed by atoms with van der Waals surface area (Å²) >= 11 is 0. The molecule has 0 aromatic heterocycles. The van der Waals surface area contributed by atoms with Crippen LogP contribution >= 0.6 is 0 Å². The normalized spacial score (nSPS) is 27.2.